The van der Waals surface area contributed by atoms with Gasteiger partial charge in [0.15, 0.2) is 0 Å². The Bertz CT molecular complexity index is 338. The first-order chi connectivity index (χ1) is 6.03. The summed E-state index contributed by atoms with van der Waals surface area (Å²) in [6.45, 7) is 0. The Balaban J connectivity index is 2.57. The smallest absolute Gasteiger partial charge is 0.118 e. The molecule has 1 fully saturated rings. The molecule has 2 rings (SSSR count). The second-order valence-corrected chi connectivity index (χ2v) is 4.25. The van der Waals surface area contributed by atoms with Crippen molar-refractivity contribution >= 4 is 23.2 Å². The topological polar surface area (TPSA) is 46.2 Å². The number of hydrogen-bond acceptors (Lipinski definition) is 2. The predicted molar refractivity (Wildman–Crippen MR) is 53.2 cm³/mol. The molecule has 1 saturated carbocycles. The molecular weight excluding hydrogens is 209 g/mol. The molecule has 13 heavy (non-hydrogen) atoms. The van der Waals surface area contributed by atoms with Crippen molar-refractivity contribution in [3.8, 4) is 5.75 Å². The van der Waals surface area contributed by atoms with Gasteiger partial charge in [-0.3, -0.25) is 0 Å². The SMILES string of the molecule is NC1(c2c(Cl)cc(O)cc2Cl)CC1. The van der Waals surface area contributed by atoms with E-state index in [1.54, 1.807) is 0 Å². The normalized spacial score (nSPS) is 18.7. The highest BCUT2D eigenvalue weighted by molar-refractivity contribution is 6.36. The summed E-state index contributed by atoms with van der Waals surface area (Å²) < 4.78 is 0. The monoisotopic (exact) mass is 217 g/mol. The van der Waals surface area contributed by atoms with Crippen LogP contribution in [0.2, 0.25) is 10.0 Å². The summed E-state index contributed by atoms with van der Waals surface area (Å²) in [4.78, 5) is 0. The van der Waals surface area contributed by atoms with Gasteiger partial charge in [-0.2, -0.15) is 0 Å². The largest absolute Gasteiger partial charge is 0.508 e. The summed E-state index contributed by atoms with van der Waals surface area (Å²) in [5.74, 6) is 0.0722. The minimum absolute atomic E-state index is 0.0722. The van der Waals surface area contributed by atoms with E-state index in [0.717, 1.165) is 18.4 Å². The molecule has 70 valence electrons. The second-order valence-electron chi connectivity index (χ2n) is 3.44. The highest BCUT2D eigenvalue weighted by atomic mass is 35.5. The highest BCUT2D eigenvalue weighted by Crippen LogP contribution is 2.49. The fourth-order valence-electron chi connectivity index (χ4n) is 1.42. The molecule has 2 nitrogen and oxygen atoms in total. The van der Waals surface area contributed by atoms with Crippen LogP contribution in [0.1, 0.15) is 18.4 Å². The van der Waals surface area contributed by atoms with Crippen molar-refractivity contribution in [2.75, 3.05) is 0 Å². The summed E-state index contributed by atoms with van der Waals surface area (Å²) >= 11 is 11.9. The average molecular weight is 218 g/mol. The third-order valence-corrected chi connectivity index (χ3v) is 2.91. The van der Waals surface area contributed by atoms with Crippen molar-refractivity contribution in [1.29, 1.82) is 0 Å². The summed E-state index contributed by atoms with van der Waals surface area (Å²) in [7, 11) is 0. The van der Waals surface area contributed by atoms with Gasteiger partial charge in [-0.15, -0.1) is 0 Å². The first-order valence-electron chi connectivity index (χ1n) is 4.00. The molecule has 0 atom stereocenters. The fourth-order valence-corrected chi connectivity index (χ4v) is 2.27. The zero-order valence-electron chi connectivity index (χ0n) is 6.85. The molecule has 1 aromatic carbocycles. The van der Waals surface area contributed by atoms with Crippen LogP contribution in [0.15, 0.2) is 12.1 Å². The number of hydrogen-bond donors (Lipinski definition) is 2. The Hall–Kier alpha value is -0.440. The Morgan fingerprint density at radius 2 is 1.69 bits per heavy atom. The van der Waals surface area contributed by atoms with E-state index in [1.807, 2.05) is 0 Å². The molecule has 3 N–H and O–H groups in total. The van der Waals surface area contributed by atoms with Gasteiger partial charge in [0.05, 0.1) is 10.0 Å². The molecule has 0 bridgehead atoms. The van der Waals surface area contributed by atoms with Crippen molar-refractivity contribution < 1.29 is 5.11 Å². The molecule has 0 aliphatic heterocycles. The first-order valence-corrected chi connectivity index (χ1v) is 4.76. The lowest BCUT2D eigenvalue weighted by atomic mass is 10.1. The molecular formula is C9H9Cl2NO. The van der Waals surface area contributed by atoms with Crippen molar-refractivity contribution in [3.05, 3.63) is 27.7 Å². The van der Waals surface area contributed by atoms with Crippen LogP contribution < -0.4 is 5.73 Å². The second kappa shape index (κ2) is 2.77. The summed E-state index contributed by atoms with van der Waals surface area (Å²) in [5, 5.41) is 10.1. The van der Waals surface area contributed by atoms with E-state index >= 15 is 0 Å². The fraction of sp³-hybridized carbons (Fsp3) is 0.333. The van der Waals surface area contributed by atoms with Gasteiger partial charge in [0, 0.05) is 11.1 Å². The standard InChI is InChI=1S/C9H9Cl2NO/c10-6-3-5(13)4-7(11)8(6)9(12)1-2-9/h3-4,13H,1-2,12H2. The molecule has 0 spiro atoms. The number of aromatic hydroxyl groups is 1. The van der Waals surface area contributed by atoms with Crippen LogP contribution in [-0.4, -0.2) is 5.11 Å². The van der Waals surface area contributed by atoms with Crippen molar-refractivity contribution in [2.24, 2.45) is 5.73 Å². The van der Waals surface area contributed by atoms with E-state index < -0.39 is 0 Å². The van der Waals surface area contributed by atoms with Crippen LogP contribution in [0.25, 0.3) is 0 Å². The van der Waals surface area contributed by atoms with Crippen LogP contribution in [0, 0.1) is 0 Å². The molecule has 4 heteroatoms. The molecule has 0 unspecified atom stereocenters. The average Bonchev–Trinajstić information content (AvgIpc) is 2.65. The molecule has 0 saturated heterocycles. The maximum Gasteiger partial charge on any atom is 0.118 e. The van der Waals surface area contributed by atoms with E-state index in [2.05, 4.69) is 0 Å². The Morgan fingerprint density at radius 3 is 2.08 bits per heavy atom. The maximum atomic E-state index is 9.19. The summed E-state index contributed by atoms with van der Waals surface area (Å²) in [5.41, 5.74) is 6.37. The Labute approximate surface area is 86.3 Å². The maximum absolute atomic E-state index is 9.19. The highest BCUT2D eigenvalue weighted by Gasteiger charge is 2.43. The molecule has 1 aliphatic carbocycles. The number of phenols is 1. The van der Waals surface area contributed by atoms with Crippen molar-refractivity contribution in [1.82, 2.24) is 0 Å². The minimum Gasteiger partial charge on any atom is -0.508 e. The van der Waals surface area contributed by atoms with Gasteiger partial charge in [-0.1, -0.05) is 23.2 Å². The lowest BCUT2D eigenvalue weighted by Crippen LogP contribution is -2.19. The number of halogens is 2. The molecule has 1 aromatic rings. The molecule has 0 heterocycles. The van der Waals surface area contributed by atoms with Crippen LogP contribution in [-0.2, 0) is 5.54 Å². The van der Waals surface area contributed by atoms with E-state index in [-0.39, 0.29) is 11.3 Å². The third-order valence-electron chi connectivity index (χ3n) is 2.31. The van der Waals surface area contributed by atoms with Gasteiger partial charge in [0.1, 0.15) is 5.75 Å². The van der Waals surface area contributed by atoms with Crippen LogP contribution in [0.3, 0.4) is 0 Å². The summed E-state index contributed by atoms with van der Waals surface area (Å²) in [6.07, 6.45) is 1.80. The lowest BCUT2D eigenvalue weighted by molar-refractivity contribution is 0.475. The minimum atomic E-state index is -0.359. The number of nitrogens with two attached hydrogens (primary N) is 1. The molecule has 0 aromatic heterocycles. The van der Waals surface area contributed by atoms with Gasteiger partial charge in [-0.05, 0) is 25.0 Å². The van der Waals surface area contributed by atoms with E-state index in [1.165, 1.54) is 12.1 Å². The van der Waals surface area contributed by atoms with Crippen LogP contribution in [0.5, 0.6) is 5.75 Å². The lowest BCUT2D eigenvalue weighted by Gasteiger charge is -2.13. The van der Waals surface area contributed by atoms with Gasteiger partial charge < -0.3 is 10.8 Å². The first kappa shape index (κ1) is 9.13. The van der Waals surface area contributed by atoms with E-state index in [9.17, 15) is 5.11 Å². The van der Waals surface area contributed by atoms with Crippen molar-refractivity contribution in [2.45, 2.75) is 18.4 Å². The number of phenolic OH excluding ortho intramolecular Hbond substituents is 1. The van der Waals surface area contributed by atoms with Gasteiger partial charge in [-0.25, -0.2) is 0 Å². The summed E-state index contributed by atoms with van der Waals surface area (Å²) in [6, 6.07) is 2.94. The van der Waals surface area contributed by atoms with Crippen LogP contribution >= 0.6 is 23.2 Å². The zero-order chi connectivity index (χ0) is 9.64. The Morgan fingerprint density at radius 1 is 1.23 bits per heavy atom. The number of benzene rings is 1. The zero-order valence-corrected chi connectivity index (χ0v) is 8.36. The van der Waals surface area contributed by atoms with Gasteiger partial charge in [0.2, 0.25) is 0 Å². The van der Waals surface area contributed by atoms with Crippen molar-refractivity contribution in [3.63, 3.8) is 0 Å². The quantitative estimate of drug-likeness (QED) is 0.761. The molecule has 0 amide bonds. The predicted octanol–water partition coefficient (Wildman–Crippen LogP) is 2.65. The molecule has 1 aliphatic rings. The third kappa shape index (κ3) is 1.50. The van der Waals surface area contributed by atoms with Gasteiger partial charge in [0.25, 0.3) is 0 Å². The van der Waals surface area contributed by atoms with Crippen LogP contribution in [0.4, 0.5) is 0 Å². The number of rotatable bonds is 1. The van der Waals surface area contributed by atoms with E-state index in [0.29, 0.717) is 10.0 Å². The Kier molecular flexibility index (Phi) is 1.95. The van der Waals surface area contributed by atoms with Gasteiger partial charge >= 0.3 is 0 Å². The molecule has 0 radical (unpaired) electrons. The van der Waals surface area contributed by atoms with E-state index in [4.69, 9.17) is 28.9 Å².